The van der Waals surface area contributed by atoms with Crippen molar-refractivity contribution in [2.45, 2.75) is 45.1 Å². The molecule has 0 radical (unpaired) electrons. The largest absolute Gasteiger partial charge is 0.469 e. The molecule has 1 aromatic carbocycles. The van der Waals surface area contributed by atoms with Crippen LogP contribution in [0.4, 0.5) is 0 Å². The van der Waals surface area contributed by atoms with Crippen LogP contribution < -0.4 is 5.32 Å². The molecule has 1 aromatic rings. The summed E-state index contributed by atoms with van der Waals surface area (Å²) < 4.78 is 4.97. The predicted octanol–water partition coefficient (Wildman–Crippen LogP) is 3.36. The van der Waals surface area contributed by atoms with Gasteiger partial charge in [0.15, 0.2) is 0 Å². The predicted molar refractivity (Wildman–Crippen MR) is 85.2 cm³/mol. The maximum atomic E-state index is 12.1. The molecule has 1 fully saturated rings. The van der Waals surface area contributed by atoms with Gasteiger partial charge in [-0.25, -0.2) is 0 Å². The fourth-order valence-corrected chi connectivity index (χ4v) is 3.40. The number of carbonyl (C=O) groups is 1. The van der Waals surface area contributed by atoms with Crippen LogP contribution in [-0.4, -0.2) is 25.7 Å². The lowest BCUT2D eigenvalue weighted by molar-refractivity contribution is -0.142. The maximum absolute atomic E-state index is 12.1. The number of ether oxygens (including phenoxy) is 1. The van der Waals surface area contributed by atoms with Gasteiger partial charge in [-0.3, -0.25) is 4.79 Å². The Morgan fingerprint density at radius 1 is 1.29 bits per heavy atom. The van der Waals surface area contributed by atoms with Crippen LogP contribution >= 0.6 is 0 Å². The van der Waals surface area contributed by atoms with E-state index in [4.69, 9.17) is 4.74 Å². The molecule has 0 heterocycles. The van der Waals surface area contributed by atoms with Gasteiger partial charge in [0.05, 0.1) is 13.0 Å². The Morgan fingerprint density at radius 2 is 2.00 bits per heavy atom. The fourth-order valence-electron chi connectivity index (χ4n) is 3.40. The van der Waals surface area contributed by atoms with Gasteiger partial charge in [0.2, 0.25) is 0 Å². The Bertz CT molecular complexity index is 446. The molecule has 21 heavy (non-hydrogen) atoms. The van der Waals surface area contributed by atoms with Crippen molar-refractivity contribution in [1.82, 2.24) is 5.32 Å². The normalized spacial score (nSPS) is 27.1. The summed E-state index contributed by atoms with van der Waals surface area (Å²) in [7, 11) is 1.46. The number of carbonyl (C=O) groups excluding carboxylic acids is 1. The number of nitrogens with one attached hydrogen (secondary N) is 1. The zero-order valence-electron chi connectivity index (χ0n) is 13.3. The average molecular weight is 289 g/mol. The first-order valence-corrected chi connectivity index (χ1v) is 7.98. The fraction of sp³-hybridized carbons (Fsp3) is 0.611. The van der Waals surface area contributed by atoms with Gasteiger partial charge in [0.1, 0.15) is 0 Å². The van der Waals surface area contributed by atoms with Crippen LogP contribution in [0.3, 0.4) is 0 Å². The molecular weight excluding hydrogens is 262 g/mol. The second-order valence-electron chi connectivity index (χ2n) is 6.40. The molecule has 0 saturated heterocycles. The van der Waals surface area contributed by atoms with Gasteiger partial charge < -0.3 is 10.1 Å². The smallest absolute Gasteiger partial charge is 0.314 e. The molecule has 0 aliphatic heterocycles. The zero-order chi connectivity index (χ0) is 15.2. The van der Waals surface area contributed by atoms with Crippen molar-refractivity contribution < 1.29 is 9.53 Å². The third-order valence-corrected chi connectivity index (χ3v) is 4.70. The van der Waals surface area contributed by atoms with Crippen molar-refractivity contribution in [3.8, 4) is 0 Å². The summed E-state index contributed by atoms with van der Waals surface area (Å²) in [6.45, 7) is 5.29. The highest BCUT2D eigenvalue weighted by Gasteiger charge is 2.27. The molecule has 1 saturated carbocycles. The van der Waals surface area contributed by atoms with Crippen molar-refractivity contribution >= 4 is 5.97 Å². The lowest BCUT2D eigenvalue weighted by atomic mass is 9.79. The van der Waals surface area contributed by atoms with Gasteiger partial charge in [-0.2, -0.15) is 0 Å². The molecule has 1 aliphatic carbocycles. The van der Waals surface area contributed by atoms with Crippen LogP contribution in [0.2, 0.25) is 0 Å². The van der Waals surface area contributed by atoms with E-state index < -0.39 is 0 Å². The van der Waals surface area contributed by atoms with E-state index in [9.17, 15) is 4.79 Å². The topological polar surface area (TPSA) is 38.3 Å². The van der Waals surface area contributed by atoms with Gasteiger partial charge >= 0.3 is 5.97 Å². The second kappa shape index (κ2) is 7.60. The molecule has 0 spiro atoms. The maximum Gasteiger partial charge on any atom is 0.314 e. The average Bonchev–Trinajstić information content (AvgIpc) is 2.50. The molecule has 1 N–H and O–H groups in total. The monoisotopic (exact) mass is 289 g/mol. The van der Waals surface area contributed by atoms with Crippen LogP contribution in [-0.2, 0) is 9.53 Å². The lowest BCUT2D eigenvalue weighted by Crippen LogP contribution is -2.42. The van der Waals surface area contributed by atoms with Gasteiger partial charge in [-0.15, -0.1) is 0 Å². The quantitative estimate of drug-likeness (QED) is 0.845. The summed E-state index contributed by atoms with van der Waals surface area (Å²) in [5.74, 6) is 1.11. The van der Waals surface area contributed by atoms with Gasteiger partial charge in [0.25, 0.3) is 0 Å². The van der Waals surface area contributed by atoms with Crippen LogP contribution in [0.25, 0.3) is 0 Å². The first-order chi connectivity index (χ1) is 10.1. The van der Waals surface area contributed by atoms with Crippen molar-refractivity contribution in [2.24, 2.45) is 11.8 Å². The third-order valence-electron chi connectivity index (χ3n) is 4.70. The molecule has 1 aliphatic rings. The van der Waals surface area contributed by atoms with Gasteiger partial charge in [-0.1, -0.05) is 44.2 Å². The Balaban J connectivity index is 1.98. The number of methoxy groups -OCH3 is 1. The summed E-state index contributed by atoms with van der Waals surface area (Å²) in [6.07, 6.45) is 3.74. The van der Waals surface area contributed by atoms with E-state index in [0.29, 0.717) is 18.5 Å². The molecule has 0 bridgehead atoms. The number of rotatable bonds is 5. The highest BCUT2D eigenvalue weighted by Crippen LogP contribution is 2.29. The van der Waals surface area contributed by atoms with E-state index in [-0.39, 0.29) is 11.9 Å². The molecule has 0 amide bonds. The molecular formula is C18H27NO2. The Kier molecular flexibility index (Phi) is 5.80. The zero-order valence-corrected chi connectivity index (χ0v) is 13.3. The minimum atomic E-state index is -0.220. The summed E-state index contributed by atoms with van der Waals surface area (Å²) >= 11 is 0. The summed E-state index contributed by atoms with van der Waals surface area (Å²) in [5, 5.41) is 3.60. The third kappa shape index (κ3) is 4.31. The first-order valence-electron chi connectivity index (χ1n) is 7.98. The van der Waals surface area contributed by atoms with E-state index in [0.717, 1.165) is 11.5 Å². The highest BCUT2D eigenvalue weighted by atomic mass is 16.5. The van der Waals surface area contributed by atoms with E-state index in [1.54, 1.807) is 0 Å². The van der Waals surface area contributed by atoms with Crippen LogP contribution in [0, 0.1) is 11.8 Å². The van der Waals surface area contributed by atoms with E-state index in [1.807, 2.05) is 30.3 Å². The summed E-state index contributed by atoms with van der Waals surface area (Å²) in [4.78, 5) is 12.1. The molecule has 3 nitrogen and oxygen atoms in total. The molecule has 116 valence electrons. The summed E-state index contributed by atoms with van der Waals surface area (Å²) in [6, 6.07) is 10.4. The second-order valence-corrected chi connectivity index (χ2v) is 6.40. The minimum Gasteiger partial charge on any atom is -0.469 e. The van der Waals surface area contributed by atoms with Crippen LogP contribution in [0.5, 0.6) is 0 Å². The van der Waals surface area contributed by atoms with Gasteiger partial charge in [0, 0.05) is 12.6 Å². The van der Waals surface area contributed by atoms with Crippen molar-refractivity contribution in [3.63, 3.8) is 0 Å². The van der Waals surface area contributed by atoms with Crippen LogP contribution in [0.15, 0.2) is 30.3 Å². The Hall–Kier alpha value is -1.35. The lowest BCUT2D eigenvalue weighted by Gasteiger charge is -2.34. The number of esters is 1. The van der Waals surface area contributed by atoms with Crippen molar-refractivity contribution in [2.75, 3.05) is 13.7 Å². The number of hydrogen-bond donors (Lipinski definition) is 1. The van der Waals surface area contributed by atoms with Gasteiger partial charge in [-0.05, 0) is 36.7 Å². The molecule has 0 aromatic heterocycles. The highest BCUT2D eigenvalue weighted by molar-refractivity contribution is 5.78. The van der Waals surface area contributed by atoms with Crippen molar-refractivity contribution in [3.05, 3.63) is 35.9 Å². The molecule has 4 atom stereocenters. The van der Waals surface area contributed by atoms with Crippen molar-refractivity contribution in [1.29, 1.82) is 0 Å². The molecule has 3 heteroatoms. The Labute approximate surface area is 128 Å². The van der Waals surface area contributed by atoms with Crippen LogP contribution in [0.1, 0.15) is 44.6 Å². The molecule has 4 unspecified atom stereocenters. The first kappa shape index (κ1) is 16.0. The Morgan fingerprint density at radius 3 is 2.62 bits per heavy atom. The number of benzene rings is 1. The van der Waals surface area contributed by atoms with E-state index >= 15 is 0 Å². The standard InChI is InChI=1S/C18H27NO2/c1-13-9-10-17(14(2)11-13)19-12-16(18(20)21-3)15-7-5-4-6-8-15/h4-8,13-14,16-17,19H,9-12H2,1-3H3. The van der Waals surface area contributed by atoms with E-state index in [2.05, 4.69) is 19.2 Å². The molecule has 2 rings (SSSR count). The summed E-state index contributed by atoms with van der Waals surface area (Å²) in [5.41, 5.74) is 1.02. The number of hydrogen-bond acceptors (Lipinski definition) is 3. The van der Waals surface area contributed by atoms with E-state index in [1.165, 1.54) is 26.4 Å². The SMILES string of the molecule is COC(=O)C(CNC1CCC(C)CC1C)c1ccccc1. The minimum absolute atomic E-state index is 0.162.